The van der Waals surface area contributed by atoms with Crippen molar-refractivity contribution in [3.8, 4) is 10.8 Å². The highest BCUT2D eigenvalue weighted by Gasteiger charge is 2.16. The molecule has 25 heavy (non-hydrogen) atoms. The number of nitrogens with zero attached hydrogens (tertiary/aromatic N) is 3. The third-order valence-corrected chi connectivity index (χ3v) is 4.91. The van der Waals surface area contributed by atoms with E-state index in [0.29, 0.717) is 23.4 Å². The van der Waals surface area contributed by atoms with Gasteiger partial charge in [-0.3, -0.25) is 0 Å². The Morgan fingerprint density at radius 1 is 1.24 bits per heavy atom. The first kappa shape index (κ1) is 17.6. The fraction of sp³-hybridized carbons (Fsp3) is 0.278. The zero-order valence-corrected chi connectivity index (χ0v) is 15.9. The van der Waals surface area contributed by atoms with E-state index in [1.807, 2.05) is 40.6 Å². The Kier molecular flexibility index (Phi) is 5.78. The number of hydrogen-bond donors (Lipinski definition) is 1. The SMILES string of the molecule is CCCN(Cc1nnc(-c2cccs2)o1)C(=S)Nc1ccccc1C. The second-order valence-electron chi connectivity index (χ2n) is 5.64. The van der Waals surface area contributed by atoms with Crippen LogP contribution in [0.4, 0.5) is 5.69 Å². The molecule has 2 aromatic heterocycles. The standard InChI is InChI=1S/C18H20N4OS2/c1-3-10-22(18(24)19-14-8-5-4-7-13(14)2)12-16-20-21-17(23-16)15-9-6-11-25-15/h4-9,11H,3,10,12H2,1-2H3,(H,19,24). The van der Waals surface area contributed by atoms with Gasteiger partial charge >= 0.3 is 0 Å². The molecule has 0 saturated carbocycles. The van der Waals surface area contributed by atoms with Gasteiger partial charge in [0.25, 0.3) is 5.89 Å². The van der Waals surface area contributed by atoms with Crippen molar-refractivity contribution < 1.29 is 4.42 Å². The van der Waals surface area contributed by atoms with Crippen molar-refractivity contribution in [3.05, 3.63) is 53.2 Å². The van der Waals surface area contributed by atoms with E-state index >= 15 is 0 Å². The van der Waals surface area contributed by atoms with Crippen molar-refractivity contribution in [3.63, 3.8) is 0 Å². The predicted molar refractivity (Wildman–Crippen MR) is 106 cm³/mol. The average Bonchev–Trinajstić information content (AvgIpc) is 3.27. The van der Waals surface area contributed by atoms with Crippen molar-refractivity contribution in [1.82, 2.24) is 15.1 Å². The summed E-state index contributed by atoms with van der Waals surface area (Å²) in [6.45, 7) is 5.48. The number of aromatic nitrogens is 2. The van der Waals surface area contributed by atoms with E-state index in [0.717, 1.165) is 29.1 Å². The normalized spacial score (nSPS) is 10.6. The van der Waals surface area contributed by atoms with Gasteiger partial charge in [-0.1, -0.05) is 31.2 Å². The summed E-state index contributed by atoms with van der Waals surface area (Å²) in [4.78, 5) is 3.02. The first-order chi connectivity index (χ1) is 12.2. The topological polar surface area (TPSA) is 54.2 Å². The molecule has 2 heterocycles. The summed E-state index contributed by atoms with van der Waals surface area (Å²) in [6, 6.07) is 12.0. The molecule has 130 valence electrons. The van der Waals surface area contributed by atoms with Crippen LogP contribution in [0.3, 0.4) is 0 Å². The van der Waals surface area contributed by atoms with Crippen LogP contribution in [0.5, 0.6) is 0 Å². The number of hydrogen-bond acceptors (Lipinski definition) is 5. The highest BCUT2D eigenvalue weighted by Crippen LogP contribution is 2.23. The molecule has 0 fully saturated rings. The number of para-hydroxylation sites is 1. The predicted octanol–water partition coefficient (Wildman–Crippen LogP) is 4.72. The number of rotatable bonds is 6. The molecule has 0 radical (unpaired) electrons. The molecular formula is C18H20N4OS2. The Labute approximate surface area is 156 Å². The molecule has 0 atom stereocenters. The minimum absolute atomic E-state index is 0.490. The lowest BCUT2D eigenvalue weighted by Crippen LogP contribution is -2.35. The van der Waals surface area contributed by atoms with E-state index in [1.165, 1.54) is 0 Å². The Morgan fingerprint density at radius 2 is 2.08 bits per heavy atom. The van der Waals surface area contributed by atoms with Crippen LogP contribution in [0.25, 0.3) is 10.8 Å². The second kappa shape index (κ2) is 8.22. The second-order valence-corrected chi connectivity index (χ2v) is 6.98. The average molecular weight is 373 g/mol. The van der Waals surface area contributed by atoms with Gasteiger partial charge in [-0.05, 0) is 48.6 Å². The molecule has 0 aliphatic heterocycles. The van der Waals surface area contributed by atoms with E-state index in [2.05, 4.69) is 35.4 Å². The zero-order chi connectivity index (χ0) is 17.6. The van der Waals surface area contributed by atoms with E-state index in [9.17, 15) is 0 Å². The Balaban J connectivity index is 1.70. The molecule has 0 amide bonds. The highest BCUT2D eigenvalue weighted by atomic mass is 32.1. The van der Waals surface area contributed by atoms with Gasteiger partial charge in [0.2, 0.25) is 5.89 Å². The lowest BCUT2D eigenvalue weighted by Gasteiger charge is -2.24. The summed E-state index contributed by atoms with van der Waals surface area (Å²) in [5.41, 5.74) is 2.16. The number of benzene rings is 1. The minimum atomic E-state index is 0.490. The van der Waals surface area contributed by atoms with Crippen molar-refractivity contribution in [2.24, 2.45) is 0 Å². The van der Waals surface area contributed by atoms with Gasteiger partial charge in [0, 0.05) is 12.2 Å². The highest BCUT2D eigenvalue weighted by molar-refractivity contribution is 7.80. The summed E-state index contributed by atoms with van der Waals surface area (Å²) >= 11 is 7.18. The number of nitrogens with one attached hydrogen (secondary N) is 1. The maximum absolute atomic E-state index is 5.79. The van der Waals surface area contributed by atoms with Gasteiger partial charge < -0.3 is 14.6 Å². The number of thiocarbonyl (C=S) groups is 1. The van der Waals surface area contributed by atoms with Crippen LogP contribution < -0.4 is 5.32 Å². The van der Waals surface area contributed by atoms with Crippen LogP contribution in [0, 0.1) is 6.92 Å². The van der Waals surface area contributed by atoms with Crippen LogP contribution >= 0.6 is 23.6 Å². The van der Waals surface area contributed by atoms with E-state index in [1.54, 1.807) is 11.3 Å². The maximum atomic E-state index is 5.79. The Morgan fingerprint density at radius 3 is 2.80 bits per heavy atom. The van der Waals surface area contributed by atoms with Gasteiger partial charge in [-0.25, -0.2) is 0 Å². The molecule has 7 heteroatoms. The number of anilines is 1. The van der Waals surface area contributed by atoms with Crippen LogP contribution in [-0.4, -0.2) is 26.8 Å². The number of thiophene rings is 1. The van der Waals surface area contributed by atoms with Crippen LogP contribution in [0.1, 0.15) is 24.8 Å². The summed E-state index contributed by atoms with van der Waals surface area (Å²) in [5.74, 6) is 1.12. The van der Waals surface area contributed by atoms with Gasteiger partial charge in [0.15, 0.2) is 5.11 Å². The number of aryl methyl sites for hydroxylation is 1. The maximum Gasteiger partial charge on any atom is 0.257 e. The zero-order valence-electron chi connectivity index (χ0n) is 14.2. The van der Waals surface area contributed by atoms with Crippen LogP contribution in [-0.2, 0) is 6.54 Å². The van der Waals surface area contributed by atoms with Gasteiger partial charge in [0.05, 0.1) is 11.4 Å². The molecule has 0 unspecified atom stereocenters. The largest absolute Gasteiger partial charge is 0.418 e. The van der Waals surface area contributed by atoms with Gasteiger partial charge in [0.1, 0.15) is 0 Å². The lowest BCUT2D eigenvalue weighted by atomic mass is 10.2. The molecule has 0 bridgehead atoms. The van der Waals surface area contributed by atoms with Gasteiger partial charge in [-0.15, -0.1) is 21.5 Å². The third kappa shape index (κ3) is 4.43. The molecule has 0 aliphatic carbocycles. The Bertz CT molecular complexity index is 829. The molecule has 0 saturated heterocycles. The summed E-state index contributed by atoms with van der Waals surface area (Å²) in [6.07, 6.45) is 0.974. The fourth-order valence-corrected chi connectivity index (χ4v) is 3.32. The first-order valence-corrected chi connectivity index (χ1v) is 9.44. The summed E-state index contributed by atoms with van der Waals surface area (Å²) in [5, 5.41) is 14.3. The lowest BCUT2D eigenvalue weighted by molar-refractivity contribution is 0.359. The van der Waals surface area contributed by atoms with Crippen LogP contribution in [0.15, 0.2) is 46.2 Å². The third-order valence-electron chi connectivity index (χ3n) is 3.69. The molecule has 3 rings (SSSR count). The summed E-state index contributed by atoms with van der Waals surface area (Å²) < 4.78 is 5.79. The fourth-order valence-electron chi connectivity index (χ4n) is 2.41. The molecule has 5 nitrogen and oxygen atoms in total. The quantitative estimate of drug-likeness (QED) is 0.632. The van der Waals surface area contributed by atoms with E-state index in [-0.39, 0.29) is 0 Å². The molecule has 0 aliphatic rings. The van der Waals surface area contributed by atoms with Crippen molar-refractivity contribution in [2.75, 3.05) is 11.9 Å². The van der Waals surface area contributed by atoms with Gasteiger partial charge in [-0.2, -0.15) is 0 Å². The van der Waals surface area contributed by atoms with E-state index in [4.69, 9.17) is 16.6 Å². The minimum Gasteiger partial charge on any atom is -0.418 e. The molecule has 0 spiro atoms. The molecule has 1 aromatic carbocycles. The smallest absolute Gasteiger partial charge is 0.257 e. The Hall–Kier alpha value is -2.25. The van der Waals surface area contributed by atoms with E-state index < -0.39 is 0 Å². The van der Waals surface area contributed by atoms with Crippen molar-refractivity contribution >= 4 is 34.4 Å². The first-order valence-electron chi connectivity index (χ1n) is 8.15. The van der Waals surface area contributed by atoms with Crippen molar-refractivity contribution in [2.45, 2.75) is 26.8 Å². The molecule has 3 aromatic rings. The monoisotopic (exact) mass is 372 g/mol. The van der Waals surface area contributed by atoms with Crippen LogP contribution in [0.2, 0.25) is 0 Å². The van der Waals surface area contributed by atoms with Crippen molar-refractivity contribution in [1.29, 1.82) is 0 Å². The molecule has 1 N–H and O–H groups in total. The molecular weight excluding hydrogens is 352 g/mol. The summed E-state index contributed by atoms with van der Waals surface area (Å²) in [7, 11) is 0.